The number of carbonyl (C=O) groups excluding carboxylic acids is 2. The van der Waals surface area contributed by atoms with Crippen molar-refractivity contribution in [3.05, 3.63) is 0 Å². The Morgan fingerprint density at radius 1 is 1.38 bits per heavy atom. The molecule has 0 unspecified atom stereocenters. The second kappa shape index (κ2) is 6.77. The van der Waals surface area contributed by atoms with Crippen LogP contribution >= 0.6 is 12.6 Å². The summed E-state index contributed by atoms with van der Waals surface area (Å²) in [7, 11) is 0. The molecule has 0 bridgehead atoms. The molecule has 0 fully saturated rings. The lowest BCUT2D eigenvalue weighted by Crippen LogP contribution is -2.40. The van der Waals surface area contributed by atoms with Crippen LogP contribution in [0, 0.1) is 5.92 Å². The van der Waals surface area contributed by atoms with E-state index in [2.05, 4.69) is 37.1 Å². The van der Waals surface area contributed by atoms with Gasteiger partial charge in [0.2, 0.25) is 5.91 Å². The van der Waals surface area contributed by atoms with Gasteiger partial charge in [0, 0.05) is 6.54 Å². The molecular formula is C8H16N2O2S. The fraction of sp³-hybridized carbons (Fsp3) is 0.750. The highest BCUT2D eigenvalue weighted by Crippen LogP contribution is 1.95. The normalized spacial score (nSPS) is 9.85. The lowest BCUT2D eigenvalue weighted by molar-refractivity contribution is -0.117. The van der Waals surface area contributed by atoms with Crippen molar-refractivity contribution < 1.29 is 9.59 Å². The monoisotopic (exact) mass is 204 g/mol. The van der Waals surface area contributed by atoms with Gasteiger partial charge in [0.05, 0.1) is 5.75 Å². The van der Waals surface area contributed by atoms with Gasteiger partial charge in [-0.05, 0) is 12.3 Å². The molecule has 0 spiro atoms. The van der Waals surface area contributed by atoms with Crippen LogP contribution in [0.3, 0.4) is 0 Å². The first-order chi connectivity index (χ1) is 6.06. The van der Waals surface area contributed by atoms with E-state index in [0.29, 0.717) is 12.5 Å². The van der Waals surface area contributed by atoms with Gasteiger partial charge in [-0.1, -0.05) is 13.8 Å². The van der Waals surface area contributed by atoms with Gasteiger partial charge < -0.3 is 5.32 Å². The Kier molecular flexibility index (Phi) is 6.40. The van der Waals surface area contributed by atoms with E-state index in [1.54, 1.807) is 0 Å². The van der Waals surface area contributed by atoms with Crippen LogP contribution in [0.2, 0.25) is 0 Å². The molecule has 5 heteroatoms. The Bertz CT molecular complexity index is 183. The number of hydrogen-bond acceptors (Lipinski definition) is 3. The van der Waals surface area contributed by atoms with Gasteiger partial charge in [-0.25, -0.2) is 4.79 Å². The van der Waals surface area contributed by atoms with E-state index in [4.69, 9.17) is 0 Å². The summed E-state index contributed by atoms with van der Waals surface area (Å²) in [5.74, 6) is 0.184. The van der Waals surface area contributed by atoms with Crippen LogP contribution in [-0.2, 0) is 4.79 Å². The molecule has 2 N–H and O–H groups in total. The Labute approximate surface area is 83.9 Å². The van der Waals surface area contributed by atoms with Crippen LogP contribution in [0.5, 0.6) is 0 Å². The van der Waals surface area contributed by atoms with E-state index in [-0.39, 0.29) is 11.7 Å². The molecule has 0 aromatic rings. The quantitative estimate of drug-likeness (QED) is 0.593. The molecule has 0 radical (unpaired) electrons. The van der Waals surface area contributed by atoms with Crippen molar-refractivity contribution in [2.24, 2.45) is 5.92 Å². The zero-order valence-electron chi connectivity index (χ0n) is 7.96. The summed E-state index contributed by atoms with van der Waals surface area (Å²) in [5, 5.41) is 4.71. The van der Waals surface area contributed by atoms with E-state index in [1.165, 1.54) is 0 Å². The SMILES string of the molecule is CC(C)CCNC(=O)NC(=O)CS. The fourth-order valence-corrected chi connectivity index (χ4v) is 0.764. The van der Waals surface area contributed by atoms with E-state index >= 15 is 0 Å². The molecule has 0 atom stereocenters. The number of amides is 3. The molecule has 76 valence electrons. The molecule has 0 heterocycles. The largest absolute Gasteiger partial charge is 0.338 e. The molecule has 0 aromatic carbocycles. The van der Waals surface area contributed by atoms with Gasteiger partial charge in [-0.3, -0.25) is 10.1 Å². The predicted octanol–water partition coefficient (Wildman–Crippen LogP) is 0.788. The van der Waals surface area contributed by atoms with Crippen LogP contribution in [0.25, 0.3) is 0 Å². The second-order valence-corrected chi connectivity index (χ2v) is 3.46. The first kappa shape index (κ1) is 12.3. The zero-order valence-corrected chi connectivity index (χ0v) is 8.86. The first-order valence-electron chi connectivity index (χ1n) is 4.24. The minimum atomic E-state index is -0.445. The maximum absolute atomic E-state index is 10.9. The number of rotatable bonds is 4. The van der Waals surface area contributed by atoms with Gasteiger partial charge in [0.15, 0.2) is 0 Å². The highest BCUT2D eigenvalue weighted by atomic mass is 32.1. The molecule has 0 aliphatic heterocycles. The smallest absolute Gasteiger partial charge is 0.321 e. The number of urea groups is 1. The highest BCUT2D eigenvalue weighted by molar-refractivity contribution is 7.81. The summed E-state index contributed by atoms with van der Waals surface area (Å²) in [6.07, 6.45) is 0.905. The van der Waals surface area contributed by atoms with E-state index in [1.807, 2.05) is 0 Å². The number of nitrogens with one attached hydrogen (secondary N) is 2. The summed E-state index contributed by atoms with van der Waals surface area (Å²) in [6.45, 7) is 4.72. The standard InChI is InChI=1S/C8H16N2O2S/c1-6(2)3-4-9-8(12)10-7(11)5-13/h6,13H,3-5H2,1-2H3,(H2,9,10,11,12). The van der Waals surface area contributed by atoms with Crippen molar-refractivity contribution in [2.45, 2.75) is 20.3 Å². The summed E-state index contributed by atoms with van der Waals surface area (Å²) in [6, 6.07) is -0.445. The van der Waals surface area contributed by atoms with E-state index in [9.17, 15) is 9.59 Å². The van der Waals surface area contributed by atoms with E-state index < -0.39 is 6.03 Å². The fourth-order valence-electron chi connectivity index (χ4n) is 0.685. The summed E-state index contributed by atoms with van der Waals surface area (Å²) in [4.78, 5) is 21.6. The first-order valence-corrected chi connectivity index (χ1v) is 4.88. The average Bonchev–Trinajstić information content (AvgIpc) is 2.03. The molecule has 4 nitrogen and oxygen atoms in total. The molecule has 0 aliphatic rings. The molecule has 13 heavy (non-hydrogen) atoms. The Morgan fingerprint density at radius 3 is 2.46 bits per heavy atom. The average molecular weight is 204 g/mol. The Hall–Kier alpha value is -0.710. The molecule has 0 rings (SSSR count). The number of hydrogen-bond donors (Lipinski definition) is 3. The van der Waals surface area contributed by atoms with Crippen molar-refractivity contribution in [3.63, 3.8) is 0 Å². The summed E-state index contributed by atoms with van der Waals surface area (Å²) >= 11 is 3.72. The lowest BCUT2D eigenvalue weighted by atomic mass is 10.1. The van der Waals surface area contributed by atoms with Gasteiger partial charge in [0.25, 0.3) is 0 Å². The molecule has 0 aliphatic carbocycles. The zero-order chi connectivity index (χ0) is 10.3. The van der Waals surface area contributed by atoms with Gasteiger partial charge in [0.1, 0.15) is 0 Å². The number of thiol groups is 1. The van der Waals surface area contributed by atoms with Gasteiger partial charge in [-0.15, -0.1) is 0 Å². The highest BCUT2D eigenvalue weighted by Gasteiger charge is 2.04. The Balaban J connectivity index is 3.46. The summed E-state index contributed by atoms with van der Waals surface area (Å²) < 4.78 is 0. The third-order valence-corrected chi connectivity index (χ3v) is 1.69. The van der Waals surface area contributed by atoms with Crippen molar-refractivity contribution in [1.29, 1.82) is 0 Å². The molecule has 0 saturated carbocycles. The van der Waals surface area contributed by atoms with Crippen molar-refractivity contribution in [3.8, 4) is 0 Å². The van der Waals surface area contributed by atoms with Crippen LogP contribution in [0.15, 0.2) is 0 Å². The molecule has 3 amide bonds. The van der Waals surface area contributed by atoms with Crippen LogP contribution < -0.4 is 10.6 Å². The van der Waals surface area contributed by atoms with E-state index in [0.717, 1.165) is 6.42 Å². The van der Waals surface area contributed by atoms with Crippen LogP contribution in [0.4, 0.5) is 4.79 Å². The van der Waals surface area contributed by atoms with Gasteiger partial charge >= 0.3 is 6.03 Å². The van der Waals surface area contributed by atoms with Crippen molar-refractivity contribution in [1.82, 2.24) is 10.6 Å². The maximum atomic E-state index is 10.9. The predicted molar refractivity (Wildman–Crippen MR) is 54.8 cm³/mol. The summed E-state index contributed by atoms with van der Waals surface area (Å²) in [5.41, 5.74) is 0. The minimum absolute atomic E-state index is 0.0254. The second-order valence-electron chi connectivity index (χ2n) is 3.14. The number of imide groups is 1. The molecular weight excluding hydrogens is 188 g/mol. The van der Waals surface area contributed by atoms with Crippen molar-refractivity contribution in [2.75, 3.05) is 12.3 Å². The van der Waals surface area contributed by atoms with Crippen molar-refractivity contribution >= 4 is 24.6 Å². The lowest BCUT2D eigenvalue weighted by Gasteiger charge is -2.06. The maximum Gasteiger partial charge on any atom is 0.321 e. The van der Waals surface area contributed by atoms with Crippen LogP contribution in [-0.4, -0.2) is 24.2 Å². The third kappa shape index (κ3) is 7.64. The third-order valence-electron chi connectivity index (χ3n) is 1.40. The molecule has 0 saturated heterocycles. The topological polar surface area (TPSA) is 58.2 Å². The Morgan fingerprint density at radius 2 is 2.00 bits per heavy atom. The minimum Gasteiger partial charge on any atom is -0.338 e. The van der Waals surface area contributed by atoms with Crippen LogP contribution in [0.1, 0.15) is 20.3 Å². The number of carbonyl (C=O) groups is 2. The molecule has 0 aromatic heterocycles. The van der Waals surface area contributed by atoms with Gasteiger partial charge in [-0.2, -0.15) is 12.6 Å².